The van der Waals surface area contributed by atoms with Gasteiger partial charge < -0.3 is 19.4 Å². The predicted octanol–water partition coefficient (Wildman–Crippen LogP) is 2.76. The van der Waals surface area contributed by atoms with E-state index in [1.807, 2.05) is 6.07 Å². The van der Waals surface area contributed by atoms with Crippen LogP contribution in [0.5, 0.6) is 5.75 Å². The van der Waals surface area contributed by atoms with Crippen LogP contribution < -0.4 is 10.1 Å². The fourth-order valence-electron chi connectivity index (χ4n) is 4.17. The Hall–Kier alpha value is -3.02. The van der Waals surface area contributed by atoms with Crippen molar-refractivity contribution in [3.63, 3.8) is 0 Å². The molecule has 5 rings (SSSR count). The van der Waals surface area contributed by atoms with Gasteiger partial charge in [-0.05, 0) is 37.6 Å². The Kier molecular flexibility index (Phi) is 4.42. The van der Waals surface area contributed by atoms with Gasteiger partial charge in [-0.25, -0.2) is 14.4 Å². The first-order valence-electron chi connectivity index (χ1n) is 9.66. The summed E-state index contributed by atoms with van der Waals surface area (Å²) < 4.78 is 28.3. The zero-order chi connectivity index (χ0) is 20.0. The van der Waals surface area contributed by atoms with E-state index in [1.54, 1.807) is 17.6 Å². The van der Waals surface area contributed by atoms with Gasteiger partial charge in [0, 0.05) is 24.7 Å². The van der Waals surface area contributed by atoms with Gasteiger partial charge in [-0.15, -0.1) is 0 Å². The maximum Gasteiger partial charge on any atom is 0.152 e. The van der Waals surface area contributed by atoms with Crippen molar-refractivity contribution in [2.75, 3.05) is 13.2 Å². The van der Waals surface area contributed by atoms with Crippen molar-refractivity contribution in [3.05, 3.63) is 52.9 Å². The molecule has 8 heteroatoms. The molecule has 2 atom stereocenters. The lowest BCUT2D eigenvalue weighted by atomic mass is 9.97. The van der Waals surface area contributed by atoms with E-state index in [4.69, 9.17) is 9.47 Å². The molecule has 3 aromatic rings. The van der Waals surface area contributed by atoms with E-state index in [9.17, 15) is 9.65 Å². The first kappa shape index (κ1) is 18.0. The lowest BCUT2D eigenvalue weighted by Crippen LogP contribution is -2.26. The molecule has 148 valence electrons. The van der Waals surface area contributed by atoms with Crippen molar-refractivity contribution < 1.29 is 13.9 Å². The highest BCUT2D eigenvalue weighted by atomic mass is 19.1. The minimum absolute atomic E-state index is 0.191. The summed E-state index contributed by atoms with van der Waals surface area (Å²) in [6.07, 6.45) is 3.73. The van der Waals surface area contributed by atoms with Crippen LogP contribution in [0.2, 0.25) is 0 Å². The third-order valence-corrected chi connectivity index (χ3v) is 5.60. The number of nitriles is 1. The molecule has 2 aliphatic heterocycles. The van der Waals surface area contributed by atoms with Crippen LogP contribution in [-0.4, -0.2) is 33.8 Å². The van der Waals surface area contributed by atoms with Crippen molar-refractivity contribution in [3.8, 4) is 11.8 Å². The number of fused-ring (bicyclic) bond motifs is 2. The predicted molar refractivity (Wildman–Crippen MR) is 103 cm³/mol. The normalized spacial score (nSPS) is 21.1. The summed E-state index contributed by atoms with van der Waals surface area (Å²) in [5, 5.41) is 13.1. The molecule has 1 fully saturated rings. The van der Waals surface area contributed by atoms with Crippen LogP contribution in [0.4, 0.5) is 4.39 Å². The Balaban J connectivity index is 1.40. The maximum atomic E-state index is 14.4. The van der Waals surface area contributed by atoms with E-state index in [2.05, 4.69) is 21.4 Å². The highest BCUT2D eigenvalue weighted by molar-refractivity contribution is 5.79. The van der Waals surface area contributed by atoms with Crippen LogP contribution in [0.25, 0.3) is 11.0 Å². The number of benzene rings is 1. The molecule has 0 saturated carbocycles. The van der Waals surface area contributed by atoms with E-state index in [1.165, 1.54) is 12.5 Å². The molecule has 1 saturated heterocycles. The standard InChI is InChI=1S/C21H20FN5O2/c1-12-20-17(22)9-27(21(20)26-11-25-12)19-6-15(10-28-19)29-18-5-13(7-23)4-14-2-3-24-8-16(14)18/h4-5,9,11,15,19,24H,2-3,6,8,10H2,1H3. The highest BCUT2D eigenvalue weighted by Crippen LogP contribution is 2.34. The van der Waals surface area contributed by atoms with E-state index in [-0.39, 0.29) is 18.1 Å². The van der Waals surface area contributed by atoms with Gasteiger partial charge in [0.15, 0.2) is 5.82 Å². The lowest BCUT2D eigenvalue weighted by molar-refractivity contribution is 0.0523. The Labute approximate surface area is 167 Å². The third-order valence-electron chi connectivity index (χ3n) is 5.60. The van der Waals surface area contributed by atoms with Gasteiger partial charge in [-0.3, -0.25) is 0 Å². The van der Waals surface area contributed by atoms with E-state index >= 15 is 0 Å². The number of nitrogens with zero attached hydrogens (tertiary/aromatic N) is 4. The molecule has 0 aliphatic carbocycles. The van der Waals surface area contributed by atoms with Gasteiger partial charge in [0.2, 0.25) is 0 Å². The number of ether oxygens (including phenoxy) is 2. The second-order valence-corrected chi connectivity index (χ2v) is 7.46. The molecule has 0 amide bonds. The number of hydrogen-bond donors (Lipinski definition) is 1. The Bertz CT molecular complexity index is 1140. The molecule has 7 nitrogen and oxygen atoms in total. The van der Waals surface area contributed by atoms with Crippen molar-refractivity contribution in [2.24, 2.45) is 0 Å². The van der Waals surface area contributed by atoms with Crippen LogP contribution in [0.1, 0.15) is 35.0 Å². The van der Waals surface area contributed by atoms with Crippen LogP contribution in [0.3, 0.4) is 0 Å². The minimum atomic E-state index is -0.366. The van der Waals surface area contributed by atoms with Gasteiger partial charge in [-0.2, -0.15) is 5.26 Å². The van der Waals surface area contributed by atoms with Gasteiger partial charge in [-0.1, -0.05) is 0 Å². The number of hydrogen-bond acceptors (Lipinski definition) is 6. The van der Waals surface area contributed by atoms with Gasteiger partial charge >= 0.3 is 0 Å². The quantitative estimate of drug-likeness (QED) is 0.737. The van der Waals surface area contributed by atoms with Crippen molar-refractivity contribution in [1.29, 1.82) is 5.26 Å². The Morgan fingerprint density at radius 3 is 3.14 bits per heavy atom. The summed E-state index contributed by atoms with van der Waals surface area (Å²) >= 11 is 0. The molecular weight excluding hydrogens is 373 g/mol. The maximum absolute atomic E-state index is 14.4. The van der Waals surface area contributed by atoms with Crippen LogP contribution in [0.15, 0.2) is 24.7 Å². The highest BCUT2D eigenvalue weighted by Gasteiger charge is 2.31. The molecule has 2 aliphatic rings. The third kappa shape index (κ3) is 3.12. The second-order valence-electron chi connectivity index (χ2n) is 7.46. The topological polar surface area (TPSA) is 85.0 Å². The first-order chi connectivity index (χ1) is 14.1. The van der Waals surface area contributed by atoms with Crippen molar-refractivity contribution in [2.45, 2.75) is 38.6 Å². The fraction of sp³-hybridized carbons (Fsp3) is 0.381. The number of nitrogens with one attached hydrogen (secondary N) is 1. The molecule has 0 spiro atoms. The summed E-state index contributed by atoms with van der Waals surface area (Å²) in [5.41, 5.74) is 3.97. The van der Waals surface area contributed by atoms with E-state index in [0.717, 1.165) is 36.4 Å². The zero-order valence-electron chi connectivity index (χ0n) is 16.0. The zero-order valence-corrected chi connectivity index (χ0v) is 16.0. The average Bonchev–Trinajstić information content (AvgIpc) is 3.33. The Morgan fingerprint density at radius 1 is 1.38 bits per heavy atom. The molecule has 0 radical (unpaired) electrons. The average molecular weight is 393 g/mol. The number of rotatable bonds is 3. The summed E-state index contributed by atoms with van der Waals surface area (Å²) in [5.74, 6) is 0.371. The fourth-order valence-corrected chi connectivity index (χ4v) is 4.17. The SMILES string of the molecule is Cc1ncnc2c1c(F)cn2C1CC(Oc2cc(C#N)cc3c2CNCC3)CO1. The van der Waals surface area contributed by atoms with E-state index in [0.29, 0.717) is 35.3 Å². The number of halogens is 1. The molecule has 2 aromatic heterocycles. The number of aryl methyl sites for hydroxylation is 1. The smallest absolute Gasteiger partial charge is 0.152 e. The van der Waals surface area contributed by atoms with Crippen LogP contribution in [0, 0.1) is 24.1 Å². The summed E-state index contributed by atoms with van der Waals surface area (Å²) in [7, 11) is 0. The summed E-state index contributed by atoms with van der Waals surface area (Å²) in [4.78, 5) is 8.32. The Morgan fingerprint density at radius 2 is 2.28 bits per heavy atom. The van der Waals surface area contributed by atoms with E-state index < -0.39 is 0 Å². The molecule has 4 heterocycles. The minimum Gasteiger partial charge on any atom is -0.487 e. The molecule has 2 unspecified atom stereocenters. The van der Waals surface area contributed by atoms with Crippen LogP contribution >= 0.6 is 0 Å². The number of aromatic nitrogens is 3. The molecule has 1 N–H and O–H groups in total. The van der Waals surface area contributed by atoms with Crippen molar-refractivity contribution in [1.82, 2.24) is 19.9 Å². The second kappa shape index (κ2) is 7.10. The van der Waals surface area contributed by atoms with Gasteiger partial charge in [0.1, 0.15) is 30.1 Å². The largest absolute Gasteiger partial charge is 0.487 e. The van der Waals surface area contributed by atoms with Gasteiger partial charge in [0.05, 0.1) is 29.3 Å². The lowest BCUT2D eigenvalue weighted by Gasteiger charge is -2.23. The monoisotopic (exact) mass is 393 g/mol. The van der Waals surface area contributed by atoms with Crippen molar-refractivity contribution >= 4 is 11.0 Å². The van der Waals surface area contributed by atoms with Gasteiger partial charge in [0.25, 0.3) is 0 Å². The van der Waals surface area contributed by atoms with Crippen LogP contribution in [-0.2, 0) is 17.7 Å². The molecule has 0 bridgehead atoms. The molecular formula is C21H20FN5O2. The molecule has 29 heavy (non-hydrogen) atoms. The first-order valence-corrected chi connectivity index (χ1v) is 9.66. The summed E-state index contributed by atoms with van der Waals surface area (Å²) in [6, 6.07) is 5.94. The molecule has 1 aromatic carbocycles. The summed E-state index contributed by atoms with van der Waals surface area (Å²) in [6.45, 7) is 3.76.